The summed E-state index contributed by atoms with van der Waals surface area (Å²) in [6.07, 6.45) is 0. The number of nitrogens with zero attached hydrogens (tertiary/aromatic N) is 2. The standard InChI is InChI=1S/C13H11ClN2O2/c1-7-11(13(17)18)8(2)16-12(15-7)9-3-5-10(14)6-4-9/h3-6H,1-2H3,(H,17,18). The molecule has 2 rings (SSSR count). The monoisotopic (exact) mass is 262 g/mol. The summed E-state index contributed by atoms with van der Waals surface area (Å²) < 4.78 is 0. The molecule has 0 atom stereocenters. The van der Waals surface area contributed by atoms with Crippen LogP contribution in [-0.2, 0) is 0 Å². The summed E-state index contributed by atoms with van der Waals surface area (Å²) in [6, 6.07) is 7.10. The lowest BCUT2D eigenvalue weighted by molar-refractivity contribution is 0.0694. The minimum absolute atomic E-state index is 0.160. The number of rotatable bonds is 2. The number of aromatic carboxylic acids is 1. The van der Waals surface area contributed by atoms with Crippen molar-refractivity contribution in [3.05, 3.63) is 46.2 Å². The van der Waals surface area contributed by atoms with Crippen molar-refractivity contribution >= 4 is 17.6 Å². The van der Waals surface area contributed by atoms with E-state index >= 15 is 0 Å². The molecule has 0 aliphatic rings. The summed E-state index contributed by atoms with van der Waals surface area (Å²) in [5, 5.41) is 9.68. The van der Waals surface area contributed by atoms with Crippen LogP contribution < -0.4 is 0 Å². The van der Waals surface area contributed by atoms with E-state index in [1.165, 1.54) is 0 Å². The van der Waals surface area contributed by atoms with Gasteiger partial charge in [0.2, 0.25) is 0 Å². The molecule has 0 unspecified atom stereocenters. The first-order valence-electron chi connectivity index (χ1n) is 5.33. The van der Waals surface area contributed by atoms with Gasteiger partial charge >= 0.3 is 5.97 Å². The molecule has 0 saturated heterocycles. The SMILES string of the molecule is Cc1nc(-c2ccc(Cl)cc2)nc(C)c1C(=O)O. The molecule has 1 aromatic heterocycles. The zero-order valence-electron chi connectivity index (χ0n) is 9.94. The molecule has 0 aliphatic carbocycles. The number of hydrogen-bond donors (Lipinski definition) is 1. The van der Waals surface area contributed by atoms with Crippen LogP contribution in [-0.4, -0.2) is 21.0 Å². The molecule has 0 bridgehead atoms. The quantitative estimate of drug-likeness (QED) is 0.903. The number of carboxylic acids is 1. The molecule has 0 fully saturated rings. The van der Waals surface area contributed by atoms with Crippen LogP contribution >= 0.6 is 11.6 Å². The molecule has 1 aromatic carbocycles. The molecule has 92 valence electrons. The molecule has 5 heteroatoms. The second kappa shape index (κ2) is 4.74. The van der Waals surface area contributed by atoms with Gasteiger partial charge in [-0.2, -0.15) is 0 Å². The van der Waals surface area contributed by atoms with Gasteiger partial charge in [0.25, 0.3) is 0 Å². The fraction of sp³-hybridized carbons (Fsp3) is 0.154. The van der Waals surface area contributed by atoms with Gasteiger partial charge in [0.1, 0.15) is 5.56 Å². The van der Waals surface area contributed by atoms with Crippen LogP contribution in [0.4, 0.5) is 0 Å². The first-order valence-corrected chi connectivity index (χ1v) is 5.71. The number of hydrogen-bond acceptors (Lipinski definition) is 3. The van der Waals surface area contributed by atoms with E-state index in [0.717, 1.165) is 5.56 Å². The number of aryl methyl sites for hydroxylation is 2. The Morgan fingerprint density at radius 2 is 1.61 bits per heavy atom. The van der Waals surface area contributed by atoms with Gasteiger partial charge < -0.3 is 5.11 Å². The van der Waals surface area contributed by atoms with Crippen molar-refractivity contribution in [3.8, 4) is 11.4 Å². The first-order chi connectivity index (χ1) is 8.49. The summed E-state index contributed by atoms with van der Waals surface area (Å²) in [5.74, 6) is -0.501. The van der Waals surface area contributed by atoms with Gasteiger partial charge in [-0.3, -0.25) is 0 Å². The van der Waals surface area contributed by atoms with E-state index in [-0.39, 0.29) is 5.56 Å². The highest BCUT2D eigenvalue weighted by molar-refractivity contribution is 6.30. The minimum atomic E-state index is -1.01. The Hall–Kier alpha value is -1.94. The highest BCUT2D eigenvalue weighted by atomic mass is 35.5. The molecule has 0 saturated carbocycles. The number of carboxylic acid groups (broad SMARTS) is 1. The molecule has 4 nitrogen and oxygen atoms in total. The van der Waals surface area contributed by atoms with Crippen molar-refractivity contribution in [1.29, 1.82) is 0 Å². The first kappa shape index (κ1) is 12.5. The Morgan fingerprint density at radius 1 is 1.11 bits per heavy atom. The van der Waals surface area contributed by atoms with Gasteiger partial charge in [0, 0.05) is 10.6 Å². The second-order valence-corrected chi connectivity index (χ2v) is 4.34. The van der Waals surface area contributed by atoms with Crippen LogP contribution in [0.3, 0.4) is 0 Å². The van der Waals surface area contributed by atoms with E-state index in [0.29, 0.717) is 22.2 Å². The van der Waals surface area contributed by atoms with E-state index in [2.05, 4.69) is 9.97 Å². The predicted octanol–water partition coefficient (Wildman–Crippen LogP) is 3.11. The average molecular weight is 263 g/mol. The molecule has 2 aromatic rings. The number of carbonyl (C=O) groups is 1. The van der Waals surface area contributed by atoms with Crippen LogP contribution in [0.15, 0.2) is 24.3 Å². The molecular weight excluding hydrogens is 252 g/mol. The lowest BCUT2D eigenvalue weighted by atomic mass is 10.1. The van der Waals surface area contributed by atoms with Crippen LogP contribution in [0.2, 0.25) is 5.02 Å². The zero-order chi connectivity index (χ0) is 13.3. The summed E-state index contributed by atoms with van der Waals surface area (Å²) in [6.45, 7) is 3.33. The van der Waals surface area contributed by atoms with Crippen LogP contribution in [0, 0.1) is 13.8 Å². The fourth-order valence-corrected chi connectivity index (χ4v) is 1.88. The van der Waals surface area contributed by atoms with Crippen molar-refractivity contribution in [2.24, 2.45) is 0 Å². The molecule has 0 aliphatic heterocycles. The van der Waals surface area contributed by atoms with Gasteiger partial charge in [0.05, 0.1) is 11.4 Å². The van der Waals surface area contributed by atoms with Crippen molar-refractivity contribution in [2.45, 2.75) is 13.8 Å². The number of halogens is 1. The Kier molecular flexibility index (Phi) is 3.30. The molecule has 0 radical (unpaired) electrons. The topological polar surface area (TPSA) is 63.1 Å². The Balaban J connectivity index is 2.54. The number of benzene rings is 1. The summed E-state index contributed by atoms with van der Waals surface area (Å²) >= 11 is 5.81. The largest absolute Gasteiger partial charge is 0.478 e. The van der Waals surface area contributed by atoms with E-state index in [9.17, 15) is 4.79 Å². The Morgan fingerprint density at radius 3 is 2.06 bits per heavy atom. The van der Waals surface area contributed by atoms with Gasteiger partial charge in [0.15, 0.2) is 5.82 Å². The molecular formula is C13H11ClN2O2. The molecule has 1 heterocycles. The zero-order valence-corrected chi connectivity index (χ0v) is 10.7. The molecule has 0 spiro atoms. The fourth-order valence-electron chi connectivity index (χ4n) is 1.75. The molecule has 18 heavy (non-hydrogen) atoms. The second-order valence-electron chi connectivity index (χ2n) is 3.91. The third kappa shape index (κ3) is 2.33. The summed E-state index contributed by atoms with van der Waals surface area (Å²) in [5.41, 5.74) is 1.88. The lowest BCUT2D eigenvalue weighted by Gasteiger charge is -2.07. The summed E-state index contributed by atoms with van der Waals surface area (Å²) in [7, 11) is 0. The smallest absolute Gasteiger partial charge is 0.339 e. The minimum Gasteiger partial charge on any atom is -0.478 e. The lowest BCUT2D eigenvalue weighted by Crippen LogP contribution is -2.08. The van der Waals surface area contributed by atoms with Crippen molar-refractivity contribution < 1.29 is 9.90 Å². The normalized spacial score (nSPS) is 10.4. The average Bonchev–Trinajstić information content (AvgIpc) is 2.28. The van der Waals surface area contributed by atoms with Crippen molar-refractivity contribution in [2.75, 3.05) is 0 Å². The van der Waals surface area contributed by atoms with Crippen LogP contribution in [0.25, 0.3) is 11.4 Å². The third-order valence-electron chi connectivity index (χ3n) is 2.59. The third-order valence-corrected chi connectivity index (χ3v) is 2.84. The van der Waals surface area contributed by atoms with Gasteiger partial charge in [-0.1, -0.05) is 11.6 Å². The highest BCUT2D eigenvalue weighted by Gasteiger charge is 2.15. The van der Waals surface area contributed by atoms with Crippen LogP contribution in [0.5, 0.6) is 0 Å². The Bertz CT molecular complexity index is 586. The van der Waals surface area contributed by atoms with E-state index in [1.54, 1.807) is 38.1 Å². The van der Waals surface area contributed by atoms with Gasteiger partial charge in [-0.15, -0.1) is 0 Å². The van der Waals surface area contributed by atoms with E-state index in [4.69, 9.17) is 16.7 Å². The maximum absolute atomic E-state index is 11.0. The van der Waals surface area contributed by atoms with Gasteiger partial charge in [-0.05, 0) is 38.1 Å². The van der Waals surface area contributed by atoms with E-state index in [1.807, 2.05) is 0 Å². The molecule has 0 amide bonds. The molecule has 1 N–H and O–H groups in total. The van der Waals surface area contributed by atoms with Crippen LogP contribution in [0.1, 0.15) is 21.7 Å². The predicted molar refractivity (Wildman–Crippen MR) is 68.9 cm³/mol. The highest BCUT2D eigenvalue weighted by Crippen LogP contribution is 2.20. The number of aromatic nitrogens is 2. The van der Waals surface area contributed by atoms with Crippen molar-refractivity contribution in [1.82, 2.24) is 9.97 Å². The summed E-state index contributed by atoms with van der Waals surface area (Å²) in [4.78, 5) is 19.5. The maximum Gasteiger partial charge on any atom is 0.339 e. The maximum atomic E-state index is 11.0. The van der Waals surface area contributed by atoms with E-state index < -0.39 is 5.97 Å². The van der Waals surface area contributed by atoms with Gasteiger partial charge in [-0.25, -0.2) is 14.8 Å². The Labute approximate surface area is 109 Å². The van der Waals surface area contributed by atoms with Crippen molar-refractivity contribution in [3.63, 3.8) is 0 Å².